The minimum Gasteiger partial charge on any atom is -0.477 e. The number of carboxylic acid groups (broad SMARTS) is 1. The van der Waals surface area contributed by atoms with Crippen LogP contribution in [0.2, 0.25) is 0 Å². The second-order valence-corrected chi connectivity index (χ2v) is 3.02. The molecule has 0 unspecified atom stereocenters. The van der Waals surface area contributed by atoms with Gasteiger partial charge in [-0.25, -0.2) is 4.79 Å². The summed E-state index contributed by atoms with van der Waals surface area (Å²) in [5.41, 5.74) is 0. The fraction of sp³-hybridized carbons (Fsp3) is 0.125. The Morgan fingerprint density at radius 2 is 2.07 bits per heavy atom. The van der Waals surface area contributed by atoms with Gasteiger partial charge in [0.05, 0.1) is 4.91 Å². The van der Waals surface area contributed by atoms with Crippen LogP contribution in [0.25, 0.3) is 6.08 Å². The Morgan fingerprint density at radius 3 is 2.47 bits per heavy atom. The Bertz CT molecular complexity index is 406. The summed E-state index contributed by atoms with van der Waals surface area (Å²) in [5, 5.41) is 8.40. The van der Waals surface area contributed by atoms with E-state index in [4.69, 9.17) is 5.11 Å². The molecule has 0 aromatic carbocycles. The maximum Gasteiger partial charge on any atom is 0.449 e. The first kappa shape index (κ1) is 11.7. The Hall–Kier alpha value is -1.37. The molecular weight excluding hydrogens is 233 g/mol. The highest BCUT2D eigenvalue weighted by Gasteiger charge is 2.34. The minimum absolute atomic E-state index is 0.213. The number of alkyl halides is 3. The lowest BCUT2D eigenvalue weighted by Crippen LogP contribution is -2.02. The Balaban J connectivity index is 2.96. The van der Waals surface area contributed by atoms with E-state index in [1.807, 2.05) is 0 Å². The van der Waals surface area contributed by atoms with Gasteiger partial charge in [0.25, 0.3) is 0 Å². The first-order valence-corrected chi connectivity index (χ1v) is 4.06. The van der Waals surface area contributed by atoms with Crippen LogP contribution in [0, 0.1) is 0 Å². The van der Waals surface area contributed by atoms with Gasteiger partial charge in [-0.1, -0.05) is 0 Å². The quantitative estimate of drug-likeness (QED) is 0.615. The standard InChI is InChI=1S/C8H5F3O3S/c9-8(10,11)6-2-1-4(14-6)3-5(15)7(12)13/h1-3,15H,(H,12,13). The molecule has 0 aliphatic heterocycles. The van der Waals surface area contributed by atoms with Crippen molar-refractivity contribution in [2.45, 2.75) is 6.18 Å². The summed E-state index contributed by atoms with van der Waals surface area (Å²) < 4.78 is 40.5. The van der Waals surface area contributed by atoms with Gasteiger partial charge in [0.2, 0.25) is 5.76 Å². The van der Waals surface area contributed by atoms with Crippen molar-refractivity contribution in [1.82, 2.24) is 0 Å². The maximum absolute atomic E-state index is 12.0. The second kappa shape index (κ2) is 4.01. The smallest absolute Gasteiger partial charge is 0.449 e. The zero-order valence-electron chi connectivity index (χ0n) is 7.08. The van der Waals surface area contributed by atoms with Crippen LogP contribution in [0.3, 0.4) is 0 Å². The molecule has 0 bridgehead atoms. The predicted octanol–water partition coefficient (Wildman–Crippen LogP) is 2.65. The van der Waals surface area contributed by atoms with Crippen LogP contribution in [0.4, 0.5) is 13.2 Å². The monoisotopic (exact) mass is 238 g/mol. The number of carboxylic acids is 1. The van der Waals surface area contributed by atoms with Crippen molar-refractivity contribution in [2.24, 2.45) is 0 Å². The molecule has 0 aliphatic carbocycles. The van der Waals surface area contributed by atoms with Crippen molar-refractivity contribution < 1.29 is 27.5 Å². The van der Waals surface area contributed by atoms with E-state index in [9.17, 15) is 18.0 Å². The summed E-state index contributed by atoms with van der Waals surface area (Å²) in [5.74, 6) is -2.74. The second-order valence-electron chi connectivity index (χ2n) is 2.53. The SMILES string of the molecule is O=C(O)C(S)=Cc1ccc(C(F)(F)F)o1. The lowest BCUT2D eigenvalue weighted by molar-refractivity contribution is -0.153. The summed E-state index contributed by atoms with van der Waals surface area (Å²) in [6.07, 6.45) is -3.69. The van der Waals surface area contributed by atoms with E-state index in [0.717, 1.165) is 18.2 Å². The van der Waals surface area contributed by atoms with E-state index in [1.54, 1.807) is 0 Å². The van der Waals surface area contributed by atoms with Crippen LogP contribution < -0.4 is 0 Å². The molecule has 0 amide bonds. The number of aliphatic carboxylic acids is 1. The van der Waals surface area contributed by atoms with Crippen molar-refractivity contribution in [3.05, 3.63) is 28.6 Å². The molecular formula is C8H5F3O3S. The number of hydrogen-bond acceptors (Lipinski definition) is 3. The largest absolute Gasteiger partial charge is 0.477 e. The van der Waals surface area contributed by atoms with Crippen LogP contribution in [0.1, 0.15) is 11.5 Å². The van der Waals surface area contributed by atoms with Gasteiger partial charge < -0.3 is 9.52 Å². The van der Waals surface area contributed by atoms with Gasteiger partial charge in [-0.15, -0.1) is 12.6 Å². The number of hydrogen-bond donors (Lipinski definition) is 2. The van der Waals surface area contributed by atoms with Gasteiger partial charge in [-0.2, -0.15) is 13.2 Å². The molecule has 1 N–H and O–H groups in total. The van der Waals surface area contributed by atoms with Gasteiger partial charge in [0.1, 0.15) is 5.76 Å². The third-order valence-corrected chi connectivity index (χ3v) is 1.72. The first-order chi connectivity index (χ1) is 6.80. The van der Waals surface area contributed by atoms with Crippen molar-refractivity contribution in [3.63, 3.8) is 0 Å². The Morgan fingerprint density at radius 1 is 1.47 bits per heavy atom. The molecule has 1 aromatic rings. The lowest BCUT2D eigenvalue weighted by atomic mass is 10.4. The van der Waals surface area contributed by atoms with Gasteiger partial charge in [0.15, 0.2) is 0 Å². The number of furan rings is 1. The van der Waals surface area contributed by atoms with E-state index in [-0.39, 0.29) is 5.76 Å². The normalized spacial score (nSPS) is 12.9. The third-order valence-electron chi connectivity index (χ3n) is 1.40. The molecule has 82 valence electrons. The Labute approximate surface area is 87.6 Å². The number of rotatable bonds is 2. The third kappa shape index (κ3) is 3.05. The fourth-order valence-electron chi connectivity index (χ4n) is 0.779. The molecule has 0 aliphatic rings. The Kier molecular flexibility index (Phi) is 3.13. The van der Waals surface area contributed by atoms with Gasteiger partial charge >= 0.3 is 12.1 Å². The van der Waals surface area contributed by atoms with Crippen molar-refractivity contribution in [1.29, 1.82) is 0 Å². The van der Waals surface area contributed by atoms with E-state index in [0.29, 0.717) is 0 Å². The summed E-state index contributed by atoms with van der Waals surface area (Å²) in [6, 6.07) is 1.73. The van der Waals surface area contributed by atoms with Crippen LogP contribution in [-0.2, 0) is 11.0 Å². The molecule has 0 atom stereocenters. The van der Waals surface area contributed by atoms with Crippen LogP contribution in [-0.4, -0.2) is 11.1 Å². The summed E-state index contributed by atoms with van der Waals surface area (Å²) in [6.45, 7) is 0. The molecule has 15 heavy (non-hydrogen) atoms. The zero-order valence-corrected chi connectivity index (χ0v) is 7.97. The number of thiol groups is 1. The number of halogens is 3. The molecule has 0 fully saturated rings. The predicted molar refractivity (Wildman–Crippen MR) is 48.3 cm³/mol. The lowest BCUT2D eigenvalue weighted by Gasteiger charge is -1.99. The van der Waals surface area contributed by atoms with Crippen molar-refractivity contribution in [2.75, 3.05) is 0 Å². The van der Waals surface area contributed by atoms with E-state index >= 15 is 0 Å². The summed E-state index contributed by atoms with van der Waals surface area (Å²) in [7, 11) is 0. The van der Waals surface area contributed by atoms with Crippen LogP contribution in [0.5, 0.6) is 0 Å². The van der Waals surface area contributed by atoms with E-state index < -0.39 is 22.8 Å². The highest BCUT2D eigenvalue weighted by atomic mass is 32.1. The minimum atomic E-state index is -4.58. The molecule has 0 spiro atoms. The van der Waals surface area contributed by atoms with Crippen molar-refractivity contribution in [3.8, 4) is 0 Å². The molecule has 0 radical (unpaired) electrons. The summed E-state index contributed by atoms with van der Waals surface area (Å²) in [4.78, 5) is 9.89. The summed E-state index contributed by atoms with van der Waals surface area (Å²) >= 11 is 3.54. The molecule has 1 rings (SSSR count). The van der Waals surface area contributed by atoms with Gasteiger partial charge in [0, 0.05) is 6.08 Å². The van der Waals surface area contributed by atoms with Gasteiger partial charge in [-0.3, -0.25) is 0 Å². The average Bonchev–Trinajstić information content (AvgIpc) is 2.51. The highest BCUT2D eigenvalue weighted by Crippen LogP contribution is 2.31. The maximum atomic E-state index is 12.0. The fourth-order valence-corrected chi connectivity index (χ4v) is 0.906. The molecule has 0 saturated carbocycles. The zero-order chi connectivity index (χ0) is 11.6. The van der Waals surface area contributed by atoms with Crippen LogP contribution >= 0.6 is 12.6 Å². The van der Waals surface area contributed by atoms with Crippen LogP contribution in [0.15, 0.2) is 21.5 Å². The molecule has 0 saturated heterocycles. The topological polar surface area (TPSA) is 50.4 Å². The number of carbonyl (C=O) groups is 1. The molecule has 3 nitrogen and oxygen atoms in total. The van der Waals surface area contributed by atoms with E-state index in [2.05, 4.69) is 17.0 Å². The molecule has 1 aromatic heterocycles. The first-order valence-electron chi connectivity index (χ1n) is 3.61. The van der Waals surface area contributed by atoms with Gasteiger partial charge in [-0.05, 0) is 12.1 Å². The van der Waals surface area contributed by atoms with E-state index in [1.165, 1.54) is 0 Å². The highest BCUT2D eigenvalue weighted by molar-refractivity contribution is 7.85. The molecule has 7 heteroatoms. The average molecular weight is 238 g/mol. The molecule has 1 heterocycles. The van der Waals surface area contributed by atoms with Crippen molar-refractivity contribution >= 4 is 24.7 Å².